The van der Waals surface area contributed by atoms with Crippen LogP contribution < -0.4 is 5.32 Å². The van der Waals surface area contributed by atoms with Gasteiger partial charge in [-0.1, -0.05) is 0 Å². The summed E-state index contributed by atoms with van der Waals surface area (Å²) in [5, 5.41) is 3.10. The molecule has 1 saturated heterocycles. The molecule has 0 amide bonds. The molecule has 2 unspecified atom stereocenters. The first-order chi connectivity index (χ1) is 9.55. The van der Waals surface area contributed by atoms with E-state index >= 15 is 0 Å². The molecule has 1 aliphatic heterocycles. The van der Waals surface area contributed by atoms with Crippen LogP contribution in [0.4, 0.5) is 0 Å². The van der Waals surface area contributed by atoms with E-state index in [0.717, 1.165) is 39.1 Å². The Balaban J connectivity index is 2.30. The molecule has 0 saturated carbocycles. The molecule has 5 heteroatoms. The molecule has 1 heterocycles. The molecule has 2 atom stereocenters. The maximum absolute atomic E-state index is 11.9. The Morgan fingerprint density at radius 3 is 2.85 bits per heavy atom. The number of nitrogens with one attached hydrogen (secondary N) is 1. The molecule has 118 valence electrons. The number of carbonyl (C=O) groups excluding carboxylic acids is 1. The second kappa shape index (κ2) is 8.60. The van der Waals surface area contributed by atoms with Gasteiger partial charge in [0.2, 0.25) is 0 Å². The summed E-state index contributed by atoms with van der Waals surface area (Å²) < 4.78 is 10.3. The van der Waals surface area contributed by atoms with E-state index in [-0.39, 0.29) is 5.97 Å². The topological polar surface area (TPSA) is 50.8 Å². The highest BCUT2D eigenvalue weighted by molar-refractivity contribution is 5.80. The van der Waals surface area contributed by atoms with Crippen LogP contribution in [0.15, 0.2) is 0 Å². The summed E-state index contributed by atoms with van der Waals surface area (Å²) in [6, 6.07) is 0. The van der Waals surface area contributed by atoms with Crippen LogP contribution in [0.2, 0.25) is 0 Å². The first-order valence-electron chi connectivity index (χ1n) is 7.63. The number of esters is 1. The molecule has 0 spiro atoms. The predicted octanol–water partition coefficient (Wildman–Crippen LogP) is 1.28. The van der Waals surface area contributed by atoms with Gasteiger partial charge in [-0.15, -0.1) is 0 Å². The van der Waals surface area contributed by atoms with Crippen molar-refractivity contribution in [2.24, 2.45) is 5.92 Å². The molecule has 0 aromatic rings. The summed E-state index contributed by atoms with van der Waals surface area (Å²) in [4.78, 5) is 14.4. The first kappa shape index (κ1) is 17.4. The molecule has 0 aliphatic carbocycles. The fourth-order valence-electron chi connectivity index (χ4n) is 2.76. The van der Waals surface area contributed by atoms with Gasteiger partial charge in [-0.05, 0) is 59.2 Å². The Morgan fingerprint density at radius 1 is 1.50 bits per heavy atom. The van der Waals surface area contributed by atoms with Gasteiger partial charge in [-0.25, -0.2) is 0 Å². The van der Waals surface area contributed by atoms with E-state index in [0.29, 0.717) is 12.5 Å². The monoisotopic (exact) mass is 286 g/mol. The number of carbonyl (C=O) groups is 1. The lowest BCUT2D eigenvalue weighted by atomic mass is 9.96. The standard InChI is InChI=1S/C15H30N2O3/c1-5-20-14(18)15(2,16-3)8-6-9-17-10-7-13(11-17)12-19-4/h13,16H,5-12H2,1-4H3. The van der Waals surface area contributed by atoms with Crippen LogP contribution in [0.3, 0.4) is 0 Å². The van der Waals surface area contributed by atoms with Gasteiger partial charge in [0, 0.05) is 13.7 Å². The maximum atomic E-state index is 11.9. The predicted molar refractivity (Wildman–Crippen MR) is 79.8 cm³/mol. The number of methoxy groups -OCH3 is 1. The lowest BCUT2D eigenvalue weighted by molar-refractivity contribution is -0.150. The molecule has 0 aromatic carbocycles. The highest BCUT2D eigenvalue weighted by atomic mass is 16.5. The van der Waals surface area contributed by atoms with E-state index in [1.807, 2.05) is 20.9 Å². The highest BCUT2D eigenvalue weighted by Gasteiger charge is 2.32. The Morgan fingerprint density at radius 2 is 2.25 bits per heavy atom. The fraction of sp³-hybridized carbons (Fsp3) is 0.933. The summed E-state index contributed by atoms with van der Waals surface area (Å²) in [6.07, 6.45) is 3.01. The third-order valence-electron chi connectivity index (χ3n) is 4.20. The number of rotatable bonds is 9. The van der Waals surface area contributed by atoms with E-state index in [4.69, 9.17) is 9.47 Å². The average Bonchev–Trinajstić information content (AvgIpc) is 2.87. The number of hydrogen-bond acceptors (Lipinski definition) is 5. The second-order valence-corrected chi connectivity index (χ2v) is 5.82. The molecule has 0 radical (unpaired) electrons. The number of nitrogens with zero attached hydrogens (tertiary/aromatic N) is 1. The Hall–Kier alpha value is -0.650. The van der Waals surface area contributed by atoms with Crippen LogP contribution in [0, 0.1) is 5.92 Å². The second-order valence-electron chi connectivity index (χ2n) is 5.82. The SMILES string of the molecule is CCOC(=O)C(C)(CCCN1CCC(COC)C1)NC. The number of hydrogen-bond donors (Lipinski definition) is 1. The van der Waals surface area contributed by atoms with Crippen LogP contribution >= 0.6 is 0 Å². The third kappa shape index (κ3) is 5.04. The summed E-state index contributed by atoms with van der Waals surface area (Å²) in [5.41, 5.74) is -0.568. The van der Waals surface area contributed by atoms with Gasteiger partial charge in [0.1, 0.15) is 5.54 Å². The number of likely N-dealkylation sites (N-methyl/N-ethyl adjacent to an activating group) is 1. The van der Waals surface area contributed by atoms with Crippen molar-refractivity contribution in [1.82, 2.24) is 10.2 Å². The maximum Gasteiger partial charge on any atom is 0.326 e. The van der Waals surface area contributed by atoms with Crippen molar-refractivity contribution < 1.29 is 14.3 Å². The molecule has 1 rings (SSSR count). The van der Waals surface area contributed by atoms with E-state index in [1.54, 1.807) is 7.11 Å². The van der Waals surface area contributed by atoms with E-state index in [9.17, 15) is 4.79 Å². The molecule has 20 heavy (non-hydrogen) atoms. The van der Waals surface area contributed by atoms with Crippen LogP contribution in [0.1, 0.15) is 33.1 Å². The van der Waals surface area contributed by atoms with Crippen molar-refractivity contribution in [3.63, 3.8) is 0 Å². The van der Waals surface area contributed by atoms with Gasteiger partial charge in [0.25, 0.3) is 0 Å². The van der Waals surface area contributed by atoms with Gasteiger partial charge in [-0.3, -0.25) is 4.79 Å². The van der Waals surface area contributed by atoms with Crippen molar-refractivity contribution in [3.05, 3.63) is 0 Å². The molecule has 5 nitrogen and oxygen atoms in total. The molecular weight excluding hydrogens is 256 g/mol. The summed E-state index contributed by atoms with van der Waals surface area (Å²) in [6.45, 7) is 8.34. The zero-order valence-corrected chi connectivity index (χ0v) is 13.4. The minimum Gasteiger partial charge on any atom is -0.465 e. The van der Waals surface area contributed by atoms with Gasteiger partial charge in [0.15, 0.2) is 0 Å². The zero-order valence-electron chi connectivity index (χ0n) is 13.4. The zero-order chi connectivity index (χ0) is 15.0. The Bertz CT molecular complexity index is 299. The number of ether oxygens (including phenoxy) is 2. The molecule has 0 aromatic heterocycles. The Kier molecular flexibility index (Phi) is 7.48. The van der Waals surface area contributed by atoms with Crippen molar-refractivity contribution in [3.8, 4) is 0 Å². The number of likely N-dealkylation sites (tertiary alicyclic amines) is 1. The third-order valence-corrected chi connectivity index (χ3v) is 4.20. The first-order valence-corrected chi connectivity index (χ1v) is 7.63. The van der Waals surface area contributed by atoms with Crippen molar-refractivity contribution in [1.29, 1.82) is 0 Å². The van der Waals surface area contributed by atoms with Gasteiger partial charge in [0.05, 0.1) is 13.2 Å². The quantitative estimate of drug-likeness (QED) is 0.647. The molecular formula is C15H30N2O3. The molecule has 1 fully saturated rings. The van der Waals surface area contributed by atoms with Crippen LogP contribution in [-0.2, 0) is 14.3 Å². The minimum atomic E-state index is -0.568. The average molecular weight is 286 g/mol. The minimum absolute atomic E-state index is 0.152. The summed E-state index contributed by atoms with van der Waals surface area (Å²) in [5.74, 6) is 0.516. The molecule has 1 N–H and O–H groups in total. The van der Waals surface area contributed by atoms with Crippen molar-refractivity contribution in [2.45, 2.75) is 38.6 Å². The lowest BCUT2D eigenvalue weighted by Crippen LogP contribution is -2.49. The molecule has 0 bridgehead atoms. The van der Waals surface area contributed by atoms with E-state index in [2.05, 4.69) is 10.2 Å². The van der Waals surface area contributed by atoms with Crippen LogP contribution in [0.5, 0.6) is 0 Å². The van der Waals surface area contributed by atoms with Crippen LogP contribution in [0.25, 0.3) is 0 Å². The van der Waals surface area contributed by atoms with Gasteiger partial charge >= 0.3 is 5.97 Å². The fourth-order valence-corrected chi connectivity index (χ4v) is 2.76. The van der Waals surface area contributed by atoms with E-state index < -0.39 is 5.54 Å². The summed E-state index contributed by atoms with van der Waals surface area (Å²) >= 11 is 0. The lowest BCUT2D eigenvalue weighted by Gasteiger charge is -2.27. The van der Waals surface area contributed by atoms with Gasteiger partial charge < -0.3 is 19.7 Å². The van der Waals surface area contributed by atoms with Crippen molar-refractivity contribution >= 4 is 5.97 Å². The molecule has 1 aliphatic rings. The summed E-state index contributed by atoms with van der Waals surface area (Å²) in [7, 11) is 3.59. The normalized spacial score (nSPS) is 22.7. The van der Waals surface area contributed by atoms with E-state index in [1.165, 1.54) is 6.42 Å². The van der Waals surface area contributed by atoms with Crippen LogP contribution in [-0.4, -0.2) is 63.4 Å². The largest absolute Gasteiger partial charge is 0.465 e. The van der Waals surface area contributed by atoms with Gasteiger partial charge in [-0.2, -0.15) is 0 Å². The highest BCUT2D eigenvalue weighted by Crippen LogP contribution is 2.19. The van der Waals surface area contributed by atoms with Crippen molar-refractivity contribution in [2.75, 3.05) is 47.0 Å². The smallest absolute Gasteiger partial charge is 0.326 e. The Labute approximate surface area is 123 Å².